The van der Waals surface area contributed by atoms with Crippen LogP contribution in [0.3, 0.4) is 0 Å². The van der Waals surface area contributed by atoms with Crippen LogP contribution in [-0.2, 0) is 4.74 Å². The molecule has 0 unspecified atom stereocenters. The zero-order valence-corrected chi connectivity index (χ0v) is 8.84. The first-order valence-corrected chi connectivity index (χ1v) is 5.16. The van der Waals surface area contributed by atoms with Gasteiger partial charge in [0.25, 0.3) is 0 Å². The maximum Gasteiger partial charge on any atom is 0.0662 e. The summed E-state index contributed by atoms with van der Waals surface area (Å²) in [5.41, 5.74) is 4.12. The number of nitrogens with one attached hydrogen (secondary N) is 1. The molecule has 1 aliphatic rings. The standard InChI is InChI=1S/C12H17NO/c1-9-4-3-5-10(2)12(9)11-8-14-7-6-13-11/h3-5,11,13H,6-8H2,1-2H3/t11-/m1/s1. The van der Waals surface area contributed by atoms with Gasteiger partial charge in [-0.25, -0.2) is 0 Å². The third kappa shape index (κ3) is 1.81. The lowest BCUT2D eigenvalue weighted by molar-refractivity contribution is 0.0765. The van der Waals surface area contributed by atoms with Crippen LogP contribution in [0.15, 0.2) is 18.2 Å². The minimum Gasteiger partial charge on any atom is -0.378 e. The van der Waals surface area contributed by atoms with Gasteiger partial charge in [0.05, 0.1) is 19.3 Å². The highest BCUT2D eigenvalue weighted by atomic mass is 16.5. The van der Waals surface area contributed by atoms with Gasteiger partial charge in [0, 0.05) is 6.54 Å². The lowest BCUT2D eigenvalue weighted by Gasteiger charge is -2.26. The molecule has 0 amide bonds. The number of hydrogen-bond acceptors (Lipinski definition) is 2. The predicted molar refractivity (Wildman–Crippen MR) is 57.5 cm³/mol. The quantitative estimate of drug-likeness (QED) is 0.732. The molecule has 0 saturated carbocycles. The first kappa shape index (κ1) is 9.69. The third-order valence-electron chi connectivity index (χ3n) is 2.81. The number of ether oxygens (including phenoxy) is 1. The molecule has 0 aliphatic carbocycles. The SMILES string of the molecule is Cc1cccc(C)c1[C@H]1COCCN1. The van der Waals surface area contributed by atoms with Gasteiger partial charge in [0.15, 0.2) is 0 Å². The van der Waals surface area contributed by atoms with Crippen molar-refractivity contribution in [3.63, 3.8) is 0 Å². The highest BCUT2D eigenvalue weighted by molar-refractivity contribution is 5.36. The highest BCUT2D eigenvalue weighted by Crippen LogP contribution is 2.23. The van der Waals surface area contributed by atoms with Gasteiger partial charge in [0.2, 0.25) is 0 Å². The van der Waals surface area contributed by atoms with E-state index in [4.69, 9.17) is 4.74 Å². The van der Waals surface area contributed by atoms with Crippen molar-refractivity contribution < 1.29 is 4.74 Å². The number of morpholine rings is 1. The summed E-state index contributed by atoms with van der Waals surface area (Å²) in [7, 11) is 0. The van der Waals surface area contributed by atoms with Crippen molar-refractivity contribution in [1.82, 2.24) is 5.32 Å². The van der Waals surface area contributed by atoms with Crippen LogP contribution in [0.25, 0.3) is 0 Å². The van der Waals surface area contributed by atoms with E-state index in [0.717, 1.165) is 19.8 Å². The van der Waals surface area contributed by atoms with Crippen LogP contribution >= 0.6 is 0 Å². The maximum absolute atomic E-state index is 5.48. The number of benzene rings is 1. The van der Waals surface area contributed by atoms with Crippen molar-refractivity contribution in [3.8, 4) is 0 Å². The molecule has 2 heteroatoms. The van der Waals surface area contributed by atoms with Crippen molar-refractivity contribution in [3.05, 3.63) is 34.9 Å². The van der Waals surface area contributed by atoms with Crippen LogP contribution < -0.4 is 5.32 Å². The van der Waals surface area contributed by atoms with E-state index in [9.17, 15) is 0 Å². The fourth-order valence-corrected chi connectivity index (χ4v) is 2.13. The summed E-state index contributed by atoms with van der Waals surface area (Å²) in [6, 6.07) is 6.82. The summed E-state index contributed by atoms with van der Waals surface area (Å²) in [5, 5.41) is 3.49. The molecule has 1 aromatic carbocycles. The van der Waals surface area contributed by atoms with Gasteiger partial charge in [-0.3, -0.25) is 0 Å². The van der Waals surface area contributed by atoms with Gasteiger partial charge in [-0.1, -0.05) is 18.2 Å². The Morgan fingerprint density at radius 3 is 2.57 bits per heavy atom. The zero-order valence-electron chi connectivity index (χ0n) is 8.84. The third-order valence-corrected chi connectivity index (χ3v) is 2.81. The molecule has 76 valence electrons. The van der Waals surface area contributed by atoms with E-state index < -0.39 is 0 Å². The molecule has 14 heavy (non-hydrogen) atoms. The molecule has 1 fully saturated rings. The van der Waals surface area contributed by atoms with Crippen LogP contribution in [-0.4, -0.2) is 19.8 Å². The highest BCUT2D eigenvalue weighted by Gasteiger charge is 2.18. The molecular weight excluding hydrogens is 174 g/mol. The molecule has 0 bridgehead atoms. The van der Waals surface area contributed by atoms with Gasteiger partial charge in [-0.05, 0) is 30.5 Å². The second kappa shape index (κ2) is 4.11. The van der Waals surface area contributed by atoms with E-state index in [-0.39, 0.29) is 0 Å². The summed E-state index contributed by atoms with van der Waals surface area (Å²) in [5.74, 6) is 0. The maximum atomic E-state index is 5.48. The number of hydrogen-bond donors (Lipinski definition) is 1. The van der Waals surface area contributed by atoms with E-state index >= 15 is 0 Å². The summed E-state index contributed by atoms with van der Waals surface area (Å²) in [6.45, 7) is 6.92. The van der Waals surface area contributed by atoms with Crippen molar-refractivity contribution in [2.24, 2.45) is 0 Å². The fraction of sp³-hybridized carbons (Fsp3) is 0.500. The van der Waals surface area contributed by atoms with Crippen LogP contribution in [0.2, 0.25) is 0 Å². The molecular formula is C12H17NO. The minimum atomic E-state index is 0.380. The van der Waals surface area contributed by atoms with E-state index in [1.54, 1.807) is 0 Å². The van der Waals surface area contributed by atoms with E-state index in [1.807, 2.05) is 0 Å². The molecule has 0 spiro atoms. The van der Waals surface area contributed by atoms with Crippen molar-refractivity contribution >= 4 is 0 Å². The Kier molecular flexibility index (Phi) is 2.85. The first-order chi connectivity index (χ1) is 6.79. The van der Waals surface area contributed by atoms with Crippen LogP contribution in [0, 0.1) is 13.8 Å². The summed E-state index contributed by atoms with van der Waals surface area (Å²) >= 11 is 0. The first-order valence-electron chi connectivity index (χ1n) is 5.16. The predicted octanol–water partition coefficient (Wildman–Crippen LogP) is 1.96. The van der Waals surface area contributed by atoms with Crippen LogP contribution in [0.1, 0.15) is 22.7 Å². The molecule has 0 aromatic heterocycles. The van der Waals surface area contributed by atoms with Gasteiger partial charge in [0.1, 0.15) is 0 Å². The van der Waals surface area contributed by atoms with E-state index in [1.165, 1.54) is 16.7 Å². The summed E-state index contributed by atoms with van der Waals surface area (Å²) in [4.78, 5) is 0. The molecule has 1 aliphatic heterocycles. The normalized spacial score (nSPS) is 22.3. The molecule has 1 aromatic rings. The molecule has 1 N–H and O–H groups in total. The average molecular weight is 191 g/mol. The van der Waals surface area contributed by atoms with Gasteiger partial charge in [-0.15, -0.1) is 0 Å². The molecule has 1 heterocycles. The topological polar surface area (TPSA) is 21.3 Å². The summed E-state index contributed by atoms with van der Waals surface area (Å²) in [6.07, 6.45) is 0. The Balaban J connectivity index is 2.29. The van der Waals surface area contributed by atoms with Crippen molar-refractivity contribution in [1.29, 1.82) is 0 Å². The lowest BCUT2D eigenvalue weighted by Crippen LogP contribution is -2.35. The second-order valence-electron chi connectivity index (χ2n) is 3.89. The second-order valence-corrected chi connectivity index (χ2v) is 3.89. The monoisotopic (exact) mass is 191 g/mol. The van der Waals surface area contributed by atoms with E-state index in [2.05, 4.69) is 37.4 Å². The van der Waals surface area contributed by atoms with Crippen LogP contribution in [0.4, 0.5) is 0 Å². The molecule has 2 rings (SSSR count). The Labute approximate surface area is 85.3 Å². The Morgan fingerprint density at radius 2 is 2.00 bits per heavy atom. The molecule has 2 nitrogen and oxygen atoms in total. The lowest BCUT2D eigenvalue weighted by atomic mass is 9.96. The van der Waals surface area contributed by atoms with E-state index in [0.29, 0.717) is 6.04 Å². The van der Waals surface area contributed by atoms with Gasteiger partial charge >= 0.3 is 0 Å². The van der Waals surface area contributed by atoms with Crippen molar-refractivity contribution in [2.75, 3.05) is 19.8 Å². The molecule has 1 atom stereocenters. The average Bonchev–Trinajstić information content (AvgIpc) is 2.19. The Hall–Kier alpha value is -0.860. The Bertz CT molecular complexity index is 296. The zero-order chi connectivity index (χ0) is 9.97. The smallest absolute Gasteiger partial charge is 0.0662 e. The fourth-order valence-electron chi connectivity index (χ4n) is 2.13. The van der Waals surface area contributed by atoms with Crippen molar-refractivity contribution in [2.45, 2.75) is 19.9 Å². The van der Waals surface area contributed by atoms with Crippen LogP contribution in [0.5, 0.6) is 0 Å². The minimum absolute atomic E-state index is 0.380. The Morgan fingerprint density at radius 1 is 1.29 bits per heavy atom. The molecule has 0 radical (unpaired) electrons. The van der Waals surface area contributed by atoms with Gasteiger partial charge in [-0.2, -0.15) is 0 Å². The van der Waals surface area contributed by atoms with Gasteiger partial charge < -0.3 is 10.1 Å². The largest absolute Gasteiger partial charge is 0.378 e. The summed E-state index contributed by atoms with van der Waals surface area (Å²) < 4.78 is 5.48. The number of aryl methyl sites for hydroxylation is 2. The molecule has 1 saturated heterocycles. The number of rotatable bonds is 1.